The monoisotopic (exact) mass is 132 g/mol. The molecule has 0 aromatic rings. The van der Waals surface area contributed by atoms with Crippen molar-refractivity contribution in [1.82, 2.24) is 0 Å². The maximum Gasteiger partial charge on any atom is 0.308 e. The predicted octanol–water partition coefficient (Wildman–Crippen LogP) is 0.744. The summed E-state index contributed by atoms with van der Waals surface area (Å²) in [6, 6.07) is 0. The lowest BCUT2D eigenvalue weighted by Gasteiger charge is -2.05. The van der Waals surface area contributed by atoms with E-state index in [9.17, 15) is 4.79 Å². The van der Waals surface area contributed by atoms with Crippen LogP contribution in [0.5, 0.6) is 0 Å². The minimum Gasteiger partial charge on any atom is -0.481 e. The highest BCUT2D eigenvalue weighted by Crippen LogP contribution is 2.01. The molecule has 0 spiro atoms. The van der Waals surface area contributed by atoms with Gasteiger partial charge >= 0.3 is 5.97 Å². The van der Waals surface area contributed by atoms with Crippen LogP contribution in [0.4, 0.5) is 0 Å². The van der Waals surface area contributed by atoms with Gasteiger partial charge in [-0.05, 0) is 6.42 Å². The Balaban J connectivity index is 3.54. The van der Waals surface area contributed by atoms with E-state index in [0.29, 0.717) is 13.0 Å². The van der Waals surface area contributed by atoms with Crippen LogP contribution in [0.3, 0.4) is 0 Å². The Bertz CT molecular complexity index is 90.3. The molecule has 0 aromatic heterocycles. The lowest BCUT2D eigenvalue weighted by atomic mass is 10.1. The number of carboxylic acids is 1. The quantitative estimate of drug-likeness (QED) is 0.613. The van der Waals surface area contributed by atoms with Crippen LogP contribution in [0.1, 0.15) is 13.3 Å². The lowest BCUT2D eigenvalue weighted by Crippen LogP contribution is -2.17. The summed E-state index contributed by atoms with van der Waals surface area (Å²) in [6.45, 7) is 2.14. The van der Waals surface area contributed by atoms with E-state index in [4.69, 9.17) is 5.11 Å². The highest BCUT2D eigenvalue weighted by Gasteiger charge is 2.13. The summed E-state index contributed by atoms with van der Waals surface area (Å²) < 4.78 is 4.68. The topological polar surface area (TPSA) is 46.5 Å². The molecule has 0 rings (SSSR count). The summed E-state index contributed by atoms with van der Waals surface area (Å²) >= 11 is 0. The standard InChI is InChI=1S/C6H12O3/c1-3-5(4-9-2)6(7)8/h5H,3-4H2,1-2H3,(H,7,8)/t5-/m1/s1. The third kappa shape index (κ3) is 3.08. The molecule has 0 aliphatic rings. The normalized spacial score (nSPS) is 13.1. The predicted molar refractivity (Wildman–Crippen MR) is 33.3 cm³/mol. The zero-order valence-electron chi connectivity index (χ0n) is 5.76. The smallest absolute Gasteiger partial charge is 0.308 e. The maximum atomic E-state index is 10.2. The second-order valence-corrected chi connectivity index (χ2v) is 1.90. The number of carbonyl (C=O) groups is 1. The van der Waals surface area contributed by atoms with Crippen LogP contribution in [-0.2, 0) is 9.53 Å². The summed E-state index contributed by atoms with van der Waals surface area (Å²) in [4.78, 5) is 10.2. The van der Waals surface area contributed by atoms with Crippen molar-refractivity contribution in [3.05, 3.63) is 0 Å². The molecular formula is C6H12O3. The van der Waals surface area contributed by atoms with Gasteiger partial charge in [-0.25, -0.2) is 0 Å². The number of hydrogen-bond donors (Lipinski definition) is 1. The first kappa shape index (κ1) is 8.43. The first-order valence-corrected chi connectivity index (χ1v) is 2.94. The molecule has 0 aromatic carbocycles. The summed E-state index contributed by atoms with van der Waals surface area (Å²) in [6.07, 6.45) is 0.628. The molecular weight excluding hydrogens is 120 g/mol. The van der Waals surface area contributed by atoms with E-state index in [1.54, 1.807) is 0 Å². The second kappa shape index (κ2) is 4.32. The van der Waals surface area contributed by atoms with Gasteiger partial charge in [-0.3, -0.25) is 4.79 Å². The Kier molecular flexibility index (Phi) is 4.05. The molecule has 0 saturated heterocycles. The number of rotatable bonds is 4. The van der Waals surface area contributed by atoms with Crippen molar-refractivity contribution in [3.8, 4) is 0 Å². The summed E-state index contributed by atoms with van der Waals surface area (Å²) in [5, 5.41) is 8.42. The van der Waals surface area contributed by atoms with E-state index in [1.165, 1.54) is 7.11 Å². The van der Waals surface area contributed by atoms with Gasteiger partial charge in [0.05, 0.1) is 12.5 Å². The molecule has 0 radical (unpaired) electrons. The fourth-order valence-corrected chi connectivity index (χ4v) is 0.565. The molecule has 0 fully saturated rings. The number of aliphatic carboxylic acids is 1. The van der Waals surface area contributed by atoms with E-state index < -0.39 is 5.97 Å². The molecule has 0 bridgehead atoms. The van der Waals surface area contributed by atoms with Gasteiger partial charge in [-0.2, -0.15) is 0 Å². The first-order valence-electron chi connectivity index (χ1n) is 2.94. The molecule has 3 heteroatoms. The fraction of sp³-hybridized carbons (Fsp3) is 0.833. The Morgan fingerprint density at radius 2 is 2.33 bits per heavy atom. The third-order valence-electron chi connectivity index (χ3n) is 1.21. The van der Waals surface area contributed by atoms with E-state index in [1.807, 2.05) is 6.92 Å². The number of hydrogen-bond acceptors (Lipinski definition) is 2. The van der Waals surface area contributed by atoms with Crippen molar-refractivity contribution < 1.29 is 14.6 Å². The van der Waals surface area contributed by atoms with Crippen LogP contribution >= 0.6 is 0 Å². The fourth-order valence-electron chi connectivity index (χ4n) is 0.565. The van der Waals surface area contributed by atoms with Crippen molar-refractivity contribution in [2.75, 3.05) is 13.7 Å². The second-order valence-electron chi connectivity index (χ2n) is 1.90. The van der Waals surface area contributed by atoms with Crippen LogP contribution in [-0.4, -0.2) is 24.8 Å². The largest absolute Gasteiger partial charge is 0.481 e. The molecule has 9 heavy (non-hydrogen) atoms. The molecule has 1 atom stereocenters. The average molecular weight is 132 g/mol. The molecule has 54 valence electrons. The first-order chi connectivity index (χ1) is 4.22. The lowest BCUT2D eigenvalue weighted by molar-refractivity contribution is -0.143. The van der Waals surface area contributed by atoms with Gasteiger partial charge in [0.2, 0.25) is 0 Å². The maximum absolute atomic E-state index is 10.2. The number of carboxylic acid groups (broad SMARTS) is 1. The van der Waals surface area contributed by atoms with Gasteiger partial charge in [0.25, 0.3) is 0 Å². The molecule has 0 amide bonds. The van der Waals surface area contributed by atoms with Crippen LogP contribution in [0, 0.1) is 5.92 Å². The van der Waals surface area contributed by atoms with E-state index in [-0.39, 0.29) is 5.92 Å². The van der Waals surface area contributed by atoms with Crippen molar-refractivity contribution >= 4 is 5.97 Å². The van der Waals surface area contributed by atoms with Gasteiger partial charge in [-0.15, -0.1) is 0 Å². The summed E-state index contributed by atoms with van der Waals surface area (Å²) in [7, 11) is 1.51. The SMILES string of the molecule is CC[C@H](COC)C(=O)O. The van der Waals surface area contributed by atoms with E-state index >= 15 is 0 Å². The van der Waals surface area contributed by atoms with Gasteiger partial charge in [0.1, 0.15) is 0 Å². The molecule has 0 saturated carbocycles. The molecule has 3 nitrogen and oxygen atoms in total. The molecule has 0 aliphatic carbocycles. The zero-order chi connectivity index (χ0) is 7.28. The highest BCUT2D eigenvalue weighted by atomic mass is 16.5. The Hall–Kier alpha value is -0.570. The van der Waals surface area contributed by atoms with Crippen LogP contribution < -0.4 is 0 Å². The minimum atomic E-state index is -0.778. The Morgan fingerprint density at radius 3 is 2.44 bits per heavy atom. The van der Waals surface area contributed by atoms with Crippen LogP contribution in [0.15, 0.2) is 0 Å². The minimum absolute atomic E-state index is 0.311. The molecule has 1 N–H and O–H groups in total. The zero-order valence-corrected chi connectivity index (χ0v) is 5.76. The summed E-state index contributed by atoms with van der Waals surface area (Å²) in [5.74, 6) is -1.12. The van der Waals surface area contributed by atoms with Crippen LogP contribution in [0.2, 0.25) is 0 Å². The van der Waals surface area contributed by atoms with Gasteiger partial charge < -0.3 is 9.84 Å². The van der Waals surface area contributed by atoms with E-state index in [0.717, 1.165) is 0 Å². The van der Waals surface area contributed by atoms with Gasteiger partial charge in [0.15, 0.2) is 0 Å². The van der Waals surface area contributed by atoms with Crippen LogP contribution in [0.25, 0.3) is 0 Å². The molecule has 0 unspecified atom stereocenters. The third-order valence-corrected chi connectivity index (χ3v) is 1.21. The van der Waals surface area contributed by atoms with Crippen molar-refractivity contribution in [2.24, 2.45) is 5.92 Å². The number of methoxy groups -OCH3 is 1. The van der Waals surface area contributed by atoms with Crippen molar-refractivity contribution in [1.29, 1.82) is 0 Å². The summed E-state index contributed by atoms with van der Waals surface area (Å²) in [5.41, 5.74) is 0. The van der Waals surface area contributed by atoms with Crippen molar-refractivity contribution in [2.45, 2.75) is 13.3 Å². The van der Waals surface area contributed by atoms with Gasteiger partial charge in [0, 0.05) is 7.11 Å². The number of ether oxygens (including phenoxy) is 1. The average Bonchev–Trinajstić information content (AvgIpc) is 1.82. The van der Waals surface area contributed by atoms with Crippen molar-refractivity contribution in [3.63, 3.8) is 0 Å². The van der Waals surface area contributed by atoms with E-state index in [2.05, 4.69) is 4.74 Å². The van der Waals surface area contributed by atoms with Gasteiger partial charge in [-0.1, -0.05) is 6.92 Å². The molecule has 0 heterocycles. The Labute approximate surface area is 54.6 Å². The highest BCUT2D eigenvalue weighted by molar-refractivity contribution is 5.69. The Morgan fingerprint density at radius 1 is 1.78 bits per heavy atom. The molecule has 0 aliphatic heterocycles.